The van der Waals surface area contributed by atoms with Gasteiger partial charge in [-0.25, -0.2) is 9.18 Å². The molecule has 6 nitrogen and oxygen atoms in total. The van der Waals surface area contributed by atoms with Crippen molar-refractivity contribution in [2.75, 3.05) is 32.8 Å². The molecular weight excluding hydrogens is 447 g/mol. The summed E-state index contributed by atoms with van der Waals surface area (Å²) in [7, 11) is 0. The van der Waals surface area contributed by atoms with Crippen molar-refractivity contribution in [2.45, 2.75) is 76.0 Å². The maximum absolute atomic E-state index is 13.2. The van der Waals surface area contributed by atoms with E-state index >= 15 is 0 Å². The van der Waals surface area contributed by atoms with Gasteiger partial charge in [-0.3, -0.25) is 0 Å². The highest BCUT2D eigenvalue weighted by Gasteiger charge is 2.26. The molecule has 0 bridgehead atoms. The molecule has 8 heteroatoms. The molecule has 0 aromatic heterocycles. The molecular formula is C25H36ClFN2O4. The SMILES string of the molecule is O=C(N[C@H]1CC[C@H](CCN2CCC(Oc3ccc(F)cc3Cl)CC2)CC1)OC1CCOCC1. The summed E-state index contributed by atoms with van der Waals surface area (Å²) in [5, 5.41) is 3.40. The standard InChI is InChI=1S/C25H36ClFN2O4/c26-23-17-19(27)3-6-24(23)32-21-8-13-29(14-9-21)12-7-18-1-4-20(5-2-18)28-25(30)33-22-10-15-31-16-11-22/h3,6,17-18,20-22H,1-2,4-5,7-16H2,(H,28,30)/t18-,20-. The van der Waals surface area contributed by atoms with E-state index in [0.717, 1.165) is 76.9 Å². The number of likely N-dealkylation sites (tertiary alicyclic amines) is 1. The van der Waals surface area contributed by atoms with Gasteiger partial charge in [-0.1, -0.05) is 11.6 Å². The molecule has 0 unspecified atom stereocenters. The Hall–Kier alpha value is -1.57. The summed E-state index contributed by atoms with van der Waals surface area (Å²) in [6.45, 7) is 4.49. The number of carbonyl (C=O) groups is 1. The highest BCUT2D eigenvalue weighted by molar-refractivity contribution is 6.32. The van der Waals surface area contributed by atoms with Crippen molar-refractivity contribution in [1.82, 2.24) is 10.2 Å². The second kappa shape index (κ2) is 12.2. The molecule has 1 amide bonds. The number of nitrogens with one attached hydrogen (secondary N) is 1. The van der Waals surface area contributed by atoms with Crippen LogP contribution in [0.2, 0.25) is 5.02 Å². The van der Waals surface area contributed by atoms with Gasteiger partial charge in [0.1, 0.15) is 23.8 Å². The maximum atomic E-state index is 13.2. The zero-order valence-corrected chi connectivity index (χ0v) is 20.0. The van der Waals surface area contributed by atoms with Crippen LogP contribution in [0, 0.1) is 11.7 Å². The smallest absolute Gasteiger partial charge is 0.407 e. The lowest BCUT2D eigenvalue weighted by Gasteiger charge is -2.34. The van der Waals surface area contributed by atoms with E-state index in [0.29, 0.717) is 24.0 Å². The number of rotatable bonds is 7. The van der Waals surface area contributed by atoms with Crippen molar-refractivity contribution in [3.05, 3.63) is 29.0 Å². The topological polar surface area (TPSA) is 60.0 Å². The molecule has 1 aromatic carbocycles. The van der Waals surface area contributed by atoms with E-state index in [9.17, 15) is 9.18 Å². The van der Waals surface area contributed by atoms with Gasteiger partial charge in [-0.2, -0.15) is 0 Å². The third kappa shape index (κ3) is 7.72. The first-order chi connectivity index (χ1) is 16.0. The van der Waals surface area contributed by atoms with E-state index in [4.69, 9.17) is 25.8 Å². The van der Waals surface area contributed by atoms with E-state index in [1.165, 1.54) is 18.6 Å². The fraction of sp³-hybridized carbons (Fsp3) is 0.720. The fourth-order valence-electron chi connectivity index (χ4n) is 5.11. The molecule has 184 valence electrons. The Bertz CT molecular complexity index is 761. The van der Waals surface area contributed by atoms with Crippen LogP contribution in [0.15, 0.2) is 18.2 Å². The average Bonchev–Trinajstić information content (AvgIpc) is 2.82. The molecule has 1 aromatic rings. The summed E-state index contributed by atoms with van der Waals surface area (Å²) >= 11 is 6.08. The number of piperidine rings is 1. The van der Waals surface area contributed by atoms with Gasteiger partial charge in [-0.05, 0) is 75.6 Å². The Kier molecular flexibility index (Phi) is 9.10. The molecule has 0 spiro atoms. The van der Waals surface area contributed by atoms with Crippen molar-refractivity contribution in [3.8, 4) is 5.75 Å². The fourth-order valence-corrected chi connectivity index (χ4v) is 5.32. The van der Waals surface area contributed by atoms with E-state index in [1.54, 1.807) is 6.07 Å². The van der Waals surface area contributed by atoms with Crippen LogP contribution in [0.25, 0.3) is 0 Å². The summed E-state index contributed by atoms with van der Waals surface area (Å²) in [5.74, 6) is 0.946. The minimum atomic E-state index is -0.345. The molecule has 2 heterocycles. The van der Waals surface area contributed by atoms with Crippen LogP contribution in [-0.4, -0.2) is 62.1 Å². The van der Waals surface area contributed by atoms with Gasteiger partial charge in [0.25, 0.3) is 0 Å². The van der Waals surface area contributed by atoms with E-state index in [2.05, 4.69) is 10.2 Å². The van der Waals surface area contributed by atoms with Crippen molar-refractivity contribution in [1.29, 1.82) is 0 Å². The monoisotopic (exact) mass is 482 g/mol. The first kappa shape index (κ1) is 24.6. The molecule has 0 radical (unpaired) electrons. The van der Waals surface area contributed by atoms with Crippen molar-refractivity contribution < 1.29 is 23.4 Å². The van der Waals surface area contributed by atoms with Crippen LogP contribution in [0.5, 0.6) is 5.75 Å². The summed E-state index contributed by atoms with van der Waals surface area (Å²) < 4.78 is 30.0. The number of carbonyl (C=O) groups excluding carboxylic acids is 1. The highest BCUT2D eigenvalue weighted by atomic mass is 35.5. The van der Waals surface area contributed by atoms with Gasteiger partial charge in [-0.15, -0.1) is 0 Å². The normalized spacial score (nSPS) is 25.5. The molecule has 2 saturated heterocycles. The summed E-state index contributed by atoms with van der Waals surface area (Å²) in [5.41, 5.74) is 0. The Morgan fingerprint density at radius 2 is 1.79 bits per heavy atom. The minimum absolute atomic E-state index is 0.00249. The van der Waals surface area contributed by atoms with E-state index in [1.807, 2.05) is 0 Å². The van der Waals surface area contributed by atoms with Gasteiger partial charge in [0.15, 0.2) is 0 Å². The number of benzene rings is 1. The molecule has 1 saturated carbocycles. The van der Waals surface area contributed by atoms with Crippen molar-refractivity contribution in [2.24, 2.45) is 5.92 Å². The van der Waals surface area contributed by atoms with Gasteiger partial charge >= 0.3 is 6.09 Å². The zero-order chi connectivity index (χ0) is 23.0. The second-order valence-corrected chi connectivity index (χ2v) is 10.0. The number of amides is 1. The van der Waals surface area contributed by atoms with Gasteiger partial charge in [0.2, 0.25) is 0 Å². The van der Waals surface area contributed by atoms with Gasteiger partial charge in [0.05, 0.1) is 18.2 Å². The van der Waals surface area contributed by atoms with Crippen LogP contribution in [0.3, 0.4) is 0 Å². The molecule has 1 aliphatic carbocycles. The van der Waals surface area contributed by atoms with Gasteiger partial charge < -0.3 is 24.4 Å². The van der Waals surface area contributed by atoms with Crippen LogP contribution >= 0.6 is 11.6 Å². The van der Waals surface area contributed by atoms with Crippen LogP contribution < -0.4 is 10.1 Å². The number of alkyl carbamates (subject to hydrolysis) is 1. The number of hydrogen-bond donors (Lipinski definition) is 1. The molecule has 3 fully saturated rings. The zero-order valence-electron chi connectivity index (χ0n) is 19.3. The van der Waals surface area contributed by atoms with Crippen LogP contribution in [-0.2, 0) is 9.47 Å². The first-order valence-corrected chi connectivity index (χ1v) is 12.8. The minimum Gasteiger partial charge on any atom is -0.489 e. The summed E-state index contributed by atoms with van der Waals surface area (Å²) in [4.78, 5) is 14.7. The highest BCUT2D eigenvalue weighted by Crippen LogP contribution is 2.30. The van der Waals surface area contributed by atoms with Crippen molar-refractivity contribution >= 4 is 17.7 Å². The lowest BCUT2D eigenvalue weighted by molar-refractivity contribution is 0.000257. The Balaban J connectivity index is 1.08. The van der Waals surface area contributed by atoms with E-state index in [-0.39, 0.29) is 30.2 Å². The lowest BCUT2D eigenvalue weighted by Crippen LogP contribution is -2.41. The third-order valence-corrected chi connectivity index (χ3v) is 7.48. The summed E-state index contributed by atoms with van der Waals surface area (Å²) in [6.07, 6.45) is 8.95. The quantitative estimate of drug-likeness (QED) is 0.580. The average molecular weight is 483 g/mol. The predicted molar refractivity (Wildman–Crippen MR) is 125 cm³/mol. The Morgan fingerprint density at radius 3 is 2.48 bits per heavy atom. The molecule has 1 N–H and O–H groups in total. The van der Waals surface area contributed by atoms with Crippen LogP contribution in [0.1, 0.15) is 57.8 Å². The third-order valence-electron chi connectivity index (χ3n) is 7.19. The molecule has 33 heavy (non-hydrogen) atoms. The second-order valence-electron chi connectivity index (χ2n) is 9.60. The Labute approximate surface area is 201 Å². The summed E-state index contributed by atoms with van der Waals surface area (Å²) in [6, 6.07) is 4.53. The predicted octanol–water partition coefficient (Wildman–Crippen LogP) is 5.18. The van der Waals surface area contributed by atoms with Gasteiger partial charge in [0, 0.05) is 32.0 Å². The van der Waals surface area contributed by atoms with E-state index < -0.39 is 0 Å². The number of ether oxygens (including phenoxy) is 3. The molecule has 0 atom stereocenters. The number of hydrogen-bond acceptors (Lipinski definition) is 5. The largest absolute Gasteiger partial charge is 0.489 e. The molecule has 2 aliphatic heterocycles. The lowest BCUT2D eigenvalue weighted by atomic mass is 9.84. The molecule has 3 aliphatic rings. The first-order valence-electron chi connectivity index (χ1n) is 12.4. The number of halogens is 2. The molecule has 4 rings (SSSR count). The number of nitrogens with zero attached hydrogens (tertiary/aromatic N) is 1. The maximum Gasteiger partial charge on any atom is 0.407 e. The van der Waals surface area contributed by atoms with Crippen LogP contribution in [0.4, 0.5) is 9.18 Å². The van der Waals surface area contributed by atoms with Crippen molar-refractivity contribution in [3.63, 3.8) is 0 Å². The Morgan fingerprint density at radius 1 is 1.06 bits per heavy atom.